The Morgan fingerprint density at radius 2 is 1.82 bits per heavy atom. The van der Waals surface area contributed by atoms with Crippen molar-refractivity contribution < 1.29 is 14.0 Å². The van der Waals surface area contributed by atoms with Crippen LogP contribution in [-0.4, -0.2) is 44.6 Å². The number of nitrogens with one attached hydrogen (secondary N) is 1. The summed E-state index contributed by atoms with van der Waals surface area (Å²) in [6.07, 6.45) is 5.15. The molecule has 1 N–H and O–H groups in total. The van der Waals surface area contributed by atoms with Gasteiger partial charge < -0.3 is 5.32 Å². The molecule has 172 valence electrons. The second-order valence-corrected chi connectivity index (χ2v) is 8.34. The second-order valence-electron chi connectivity index (χ2n) is 8.34. The molecule has 33 heavy (non-hydrogen) atoms. The van der Waals surface area contributed by atoms with Crippen LogP contribution in [0.15, 0.2) is 48.5 Å². The van der Waals surface area contributed by atoms with Gasteiger partial charge in [-0.25, -0.2) is 4.39 Å². The van der Waals surface area contributed by atoms with Gasteiger partial charge in [0.2, 0.25) is 11.7 Å². The van der Waals surface area contributed by atoms with E-state index in [1.165, 1.54) is 24.6 Å². The Kier molecular flexibility index (Phi) is 7.07. The number of benzene rings is 2. The van der Waals surface area contributed by atoms with Crippen molar-refractivity contribution in [3.8, 4) is 11.4 Å². The van der Waals surface area contributed by atoms with E-state index in [1.54, 1.807) is 6.07 Å². The zero-order valence-electron chi connectivity index (χ0n) is 18.6. The Morgan fingerprint density at radius 3 is 2.55 bits per heavy atom. The lowest BCUT2D eigenvalue weighted by Crippen LogP contribution is -2.46. The van der Waals surface area contributed by atoms with Crippen LogP contribution in [0.5, 0.6) is 0 Å². The SMILES string of the molecule is Cc1ccc(-c2nnn(CC(=O)N(CC(=O)NC3CCCCC3)c3ccccc3F)n2)cc1. The van der Waals surface area contributed by atoms with Crippen molar-refractivity contribution in [2.24, 2.45) is 0 Å². The summed E-state index contributed by atoms with van der Waals surface area (Å²) in [4.78, 5) is 28.1. The number of hydrogen-bond acceptors (Lipinski definition) is 5. The number of para-hydroxylation sites is 1. The molecule has 1 fully saturated rings. The number of anilines is 1. The number of amides is 2. The molecule has 0 aliphatic heterocycles. The highest BCUT2D eigenvalue weighted by Crippen LogP contribution is 2.21. The fourth-order valence-electron chi connectivity index (χ4n) is 3.98. The van der Waals surface area contributed by atoms with Gasteiger partial charge in [-0.2, -0.15) is 4.80 Å². The number of carbonyl (C=O) groups excluding carboxylic acids is 2. The Balaban J connectivity index is 1.49. The molecule has 4 rings (SSSR count). The molecule has 0 radical (unpaired) electrons. The second kappa shape index (κ2) is 10.3. The predicted octanol–water partition coefficient (Wildman–Crippen LogP) is 3.27. The van der Waals surface area contributed by atoms with Crippen molar-refractivity contribution in [2.75, 3.05) is 11.4 Å². The van der Waals surface area contributed by atoms with E-state index < -0.39 is 11.7 Å². The zero-order valence-corrected chi connectivity index (χ0v) is 18.6. The molecule has 0 spiro atoms. The minimum absolute atomic E-state index is 0.0418. The molecule has 0 bridgehead atoms. The Labute approximate surface area is 191 Å². The van der Waals surface area contributed by atoms with Crippen LogP contribution in [0.1, 0.15) is 37.7 Å². The maximum Gasteiger partial charge on any atom is 0.251 e. The van der Waals surface area contributed by atoms with Crippen LogP contribution in [0.4, 0.5) is 10.1 Å². The van der Waals surface area contributed by atoms with Gasteiger partial charge in [0.25, 0.3) is 5.91 Å². The van der Waals surface area contributed by atoms with Crippen molar-refractivity contribution in [1.29, 1.82) is 0 Å². The normalized spacial score (nSPS) is 14.1. The quantitative estimate of drug-likeness (QED) is 0.596. The van der Waals surface area contributed by atoms with Gasteiger partial charge in [-0.1, -0.05) is 61.2 Å². The molecule has 1 aromatic heterocycles. The number of halogens is 1. The van der Waals surface area contributed by atoms with Gasteiger partial charge in [-0.15, -0.1) is 10.2 Å². The van der Waals surface area contributed by atoms with Crippen LogP contribution in [0, 0.1) is 12.7 Å². The van der Waals surface area contributed by atoms with Crippen LogP contribution in [0.25, 0.3) is 11.4 Å². The van der Waals surface area contributed by atoms with E-state index in [1.807, 2.05) is 31.2 Å². The fraction of sp³-hybridized carbons (Fsp3) is 0.375. The first kappa shape index (κ1) is 22.6. The van der Waals surface area contributed by atoms with Crippen LogP contribution >= 0.6 is 0 Å². The molecule has 0 saturated heterocycles. The van der Waals surface area contributed by atoms with Gasteiger partial charge in [0.1, 0.15) is 18.9 Å². The molecule has 2 aromatic carbocycles. The molecule has 2 amide bonds. The smallest absolute Gasteiger partial charge is 0.251 e. The molecule has 1 aliphatic carbocycles. The van der Waals surface area contributed by atoms with Crippen molar-refractivity contribution >= 4 is 17.5 Å². The lowest BCUT2D eigenvalue weighted by molar-refractivity contribution is -0.124. The number of aryl methyl sites for hydroxylation is 1. The van der Waals surface area contributed by atoms with Gasteiger partial charge in [-0.05, 0) is 37.1 Å². The highest BCUT2D eigenvalue weighted by molar-refractivity contribution is 5.98. The minimum atomic E-state index is -0.580. The van der Waals surface area contributed by atoms with E-state index in [9.17, 15) is 14.0 Å². The van der Waals surface area contributed by atoms with Crippen molar-refractivity contribution in [3.63, 3.8) is 0 Å². The molecular weight excluding hydrogens is 423 g/mol. The average Bonchev–Trinajstić information content (AvgIpc) is 3.27. The fourth-order valence-corrected chi connectivity index (χ4v) is 3.98. The van der Waals surface area contributed by atoms with Crippen LogP contribution in [0.3, 0.4) is 0 Å². The molecule has 0 atom stereocenters. The number of nitrogens with zero attached hydrogens (tertiary/aromatic N) is 5. The number of aromatic nitrogens is 4. The van der Waals surface area contributed by atoms with E-state index >= 15 is 0 Å². The van der Waals surface area contributed by atoms with Gasteiger partial charge in [0, 0.05) is 11.6 Å². The summed E-state index contributed by atoms with van der Waals surface area (Å²) >= 11 is 0. The minimum Gasteiger partial charge on any atom is -0.352 e. The number of hydrogen-bond donors (Lipinski definition) is 1. The molecule has 0 unspecified atom stereocenters. The average molecular weight is 451 g/mol. The monoisotopic (exact) mass is 450 g/mol. The van der Waals surface area contributed by atoms with Gasteiger partial charge in [0.05, 0.1) is 5.69 Å². The highest BCUT2D eigenvalue weighted by atomic mass is 19.1. The zero-order chi connectivity index (χ0) is 23.2. The first-order valence-electron chi connectivity index (χ1n) is 11.2. The van der Waals surface area contributed by atoms with Crippen LogP contribution < -0.4 is 10.2 Å². The molecule has 1 saturated carbocycles. The number of carbonyl (C=O) groups is 2. The first-order valence-corrected chi connectivity index (χ1v) is 11.2. The van der Waals surface area contributed by atoms with Crippen molar-refractivity contribution in [3.05, 3.63) is 59.9 Å². The maximum atomic E-state index is 14.5. The molecule has 1 aliphatic rings. The molecule has 9 heteroatoms. The summed E-state index contributed by atoms with van der Waals surface area (Å²) in [6, 6.07) is 13.6. The summed E-state index contributed by atoms with van der Waals surface area (Å²) in [5.41, 5.74) is 1.92. The van der Waals surface area contributed by atoms with Gasteiger partial charge in [0.15, 0.2) is 0 Å². The third kappa shape index (κ3) is 5.79. The molecule has 8 nitrogen and oxygen atoms in total. The number of rotatable bonds is 7. The standard InChI is InChI=1S/C24H27FN6O2/c1-17-11-13-18(14-12-17)24-27-29-31(28-24)16-23(33)30(21-10-6-5-9-20(21)25)15-22(32)26-19-7-3-2-4-8-19/h5-6,9-14,19H,2-4,7-8,15-16H2,1H3,(H,26,32). The Hall–Kier alpha value is -3.62. The topological polar surface area (TPSA) is 93.0 Å². The van der Waals surface area contributed by atoms with Crippen LogP contribution in [-0.2, 0) is 16.1 Å². The summed E-state index contributed by atoms with van der Waals surface area (Å²) in [7, 11) is 0. The summed E-state index contributed by atoms with van der Waals surface area (Å²) < 4.78 is 14.5. The van der Waals surface area contributed by atoms with Crippen molar-refractivity contribution in [2.45, 2.75) is 51.6 Å². The van der Waals surface area contributed by atoms with Gasteiger partial charge >= 0.3 is 0 Å². The lowest BCUT2D eigenvalue weighted by atomic mass is 9.95. The molecule has 3 aromatic rings. The van der Waals surface area contributed by atoms with Crippen molar-refractivity contribution in [1.82, 2.24) is 25.5 Å². The first-order chi connectivity index (χ1) is 16.0. The lowest BCUT2D eigenvalue weighted by Gasteiger charge is -2.26. The predicted molar refractivity (Wildman–Crippen MR) is 122 cm³/mol. The van der Waals surface area contributed by atoms with E-state index in [4.69, 9.17) is 0 Å². The van der Waals surface area contributed by atoms with E-state index in [2.05, 4.69) is 20.7 Å². The Morgan fingerprint density at radius 1 is 1.09 bits per heavy atom. The largest absolute Gasteiger partial charge is 0.352 e. The molecule has 1 heterocycles. The highest BCUT2D eigenvalue weighted by Gasteiger charge is 2.25. The van der Waals surface area contributed by atoms with E-state index in [0.717, 1.165) is 46.5 Å². The third-order valence-corrected chi connectivity index (χ3v) is 5.76. The van der Waals surface area contributed by atoms with Gasteiger partial charge in [-0.3, -0.25) is 14.5 Å². The maximum absolute atomic E-state index is 14.5. The van der Waals surface area contributed by atoms with E-state index in [-0.39, 0.29) is 30.7 Å². The Bertz CT molecular complexity index is 1110. The summed E-state index contributed by atoms with van der Waals surface area (Å²) in [6.45, 7) is 1.42. The third-order valence-electron chi connectivity index (χ3n) is 5.76. The molecular formula is C24H27FN6O2. The van der Waals surface area contributed by atoms with E-state index in [0.29, 0.717) is 5.82 Å². The summed E-state index contributed by atoms with van der Waals surface area (Å²) in [5.74, 6) is -1.02. The van der Waals surface area contributed by atoms with Crippen LogP contribution in [0.2, 0.25) is 0 Å². The number of tetrazole rings is 1. The summed E-state index contributed by atoms with van der Waals surface area (Å²) in [5, 5.41) is 15.2.